The van der Waals surface area contributed by atoms with Crippen LogP contribution in [0.2, 0.25) is 0 Å². The molecule has 1 aliphatic carbocycles. The molecule has 1 aromatic heterocycles. The summed E-state index contributed by atoms with van der Waals surface area (Å²) in [6.07, 6.45) is 4.99. The zero-order valence-corrected chi connectivity index (χ0v) is 26.9. The Kier molecular flexibility index (Phi) is 10.0. The van der Waals surface area contributed by atoms with Gasteiger partial charge in [0.05, 0.1) is 19.8 Å². The number of carbonyl (C=O) groups excluding carboxylic acids is 2. The van der Waals surface area contributed by atoms with E-state index < -0.39 is 6.04 Å². The maximum atomic E-state index is 14.5. The summed E-state index contributed by atoms with van der Waals surface area (Å²) in [5.41, 5.74) is 2.52. The van der Waals surface area contributed by atoms with E-state index in [1.165, 1.54) is 0 Å². The van der Waals surface area contributed by atoms with E-state index in [-0.39, 0.29) is 53.2 Å². The minimum absolute atomic E-state index is 0.0736. The number of pyridine rings is 1. The van der Waals surface area contributed by atoms with Crippen LogP contribution in [0.3, 0.4) is 0 Å². The number of nitrogens with zero attached hydrogens (tertiary/aromatic N) is 2. The summed E-state index contributed by atoms with van der Waals surface area (Å²) in [4.78, 5) is 35.1. The lowest BCUT2D eigenvalue weighted by molar-refractivity contribution is -0.158. The second-order valence-corrected chi connectivity index (χ2v) is 14.0. The average molecular weight is 578 g/mol. The van der Waals surface area contributed by atoms with E-state index in [2.05, 4.69) is 71.1 Å². The molecule has 2 heterocycles. The molecule has 1 saturated heterocycles. The smallest absolute Gasteiger partial charge is 0.329 e. The van der Waals surface area contributed by atoms with Crippen LogP contribution in [-0.2, 0) is 26.3 Å². The number of amides is 1. The zero-order chi connectivity index (χ0) is 30.7. The molecule has 4 atom stereocenters. The summed E-state index contributed by atoms with van der Waals surface area (Å²) >= 11 is 0. The topological polar surface area (TPSA) is 80.8 Å². The quantitative estimate of drug-likeness (QED) is 0.356. The molecule has 2 aliphatic rings. The second-order valence-electron chi connectivity index (χ2n) is 14.0. The number of esters is 1. The Bertz CT molecular complexity index is 1210. The zero-order valence-electron chi connectivity index (χ0n) is 26.9. The Hall–Kier alpha value is -2.93. The third kappa shape index (κ3) is 6.82. The highest BCUT2D eigenvalue weighted by molar-refractivity contribution is 5.88. The highest BCUT2D eigenvalue weighted by Gasteiger charge is 2.58. The predicted octanol–water partition coefficient (Wildman–Crippen LogP) is 6.60. The summed E-state index contributed by atoms with van der Waals surface area (Å²) in [6, 6.07) is 13.1. The summed E-state index contributed by atoms with van der Waals surface area (Å²) in [7, 11) is 1.65. The van der Waals surface area contributed by atoms with Crippen LogP contribution >= 0.6 is 0 Å². The van der Waals surface area contributed by atoms with Gasteiger partial charge in [-0.2, -0.15) is 0 Å². The number of hydrogen-bond donors (Lipinski definition) is 1. The van der Waals surface area contributed by atoms with Crippen molar-refractivity contribution in [2.75, 3.05) is 13.7 Å². The van der Waals surface area contributed by atoms with Crippen molar-refractivity contribution in [1.82, 2.24) is 15.2 Å². The van der Waals surface area contributed by atoms with Gasteiger partial charge >= 0.3 is 5.97 Å². The third-order valence-electron chi connectivity index (χ3n) is 8.97. The number of carbonyl (C=O) groups is 2. The van der Waals surface area contributed by atoms with Gasteiger partial charge in [0.15, 0.2) is 0 Å². The van der Waals surface area contributed by atoms with Gasteiger partial charge in [0.2, 0.25) is 11.8 Å². The van der Waals surface area contributed by atoms with Crippen LogP contribution in [0.4, 0.5) is 0 Å². The van der Waals surface area contributed by atoms with Crippen LogP contribution < -0.4 is 10.1 Å². The number of ether oxygens (including phenoxy) is 2. The molecular formula is C35H51N3O4. The summed E-state index contributed by atoms with van der Waals surface area (Å²) in [6.45, 7) is 15.5. The molecular weight excluding hydrogens is 526 g/mol. The molecule has 7 heteroatoms. The van der Waals surface area contributed by atoms with Crippen LogP contribution in [0.25, 0.3) is 0 Å². The fraction of sp³-hybridized carbons (Fsp3) is 0.629. The normalized spacial score (nSPS) is 23.6. The molecule has 0 spiro atoms. The van der Waals surface area contributed by atoms with Crippen molar-refractivity contribution < 1.29 is 19.1 Å². The van der Waals surface area contributed by atoms with Crippen molar-refractivity contribution in [3.05, 3.63) is 59.3 Å². The standard InChI is InChI=1S/C35H51N3O4/c1-9-42-33(40)30-27(35(5,6)7)28(36-22-25-20-21-26(34(2,3)4)37-31(25)41-8)29(23-16-12-10-13-17-23)38(30)32(39)24-18-14-11-15-19-24/h10,12-13,16-17,20-21,24,27-30,36H,9,11,14-15,18-19,22H2,1-8H3/t27-,28-,29-,30-/m0/s1. The van der Waals surface area contributed by atoms with Crippen LogP contribution in [0.15, 0.2) is 42.5 Å². The molecule has 1 saturated carbocycles. The SMILES string of the molecule is CCOC(=O)[C@@H]1[C@@H](C(C)(C)C)[C@H](NCc2ccc(C(C)(C)C)nc2OC)[C@H](c2ccccc2)N1C(=O)C1CCCCC1. The molecule has 4 rings (SSSR count). The van der Waals surface area contributed by atoms with E-state index in [1.54, 1.807) is 7.11 Å². The lowest BCUT2D eigenvalue weighted by Crippen LogP contribution is -2.50. The highest BCUT2D eigenvalue weighted by Crippen LogP contribution is 2.49. The Morgan fingerprint density at radius 3 is 2.21 bits per heavy atom. The number of methoxy groups -OCH3 is 1. The lowest BCUT2D eigenvalue weighted by Gasteiger charge is -2.36. The first-order valence-corrected chi connectivity index (χ1v) is 15.7. The highest BCUT2D eigenvalue weighted by atomic mass is 16.5. The Morgan fingerprint density at radius 2 is 1.64 bits per heavy atom. The van der Waals surface area contributed by atoms with Gasteiger partial charge < -0.3 is 19.7 Å². The van der Waals surface area contributed by atoms with Crippen molar-refractivity contribution in [3.8, 4) is 5.88 Å². The Morgan fingerprint density at radius 1 is 0.976 bits per heavy atom. The molecule has 0 radical (unpaired) electrons. The molecule has 7 nitrogen and oxygen atoms in total. The minimum atomic E-state index is -0.689. The van der Waals surface area contributed by atoms with Crippen LogP contribution in [0.5, 0.6) is 5.88 Å². The monoisotopic (exact) mass is 577 g/mol. The van der Waals surface area contributed by atoms with E-state index in [1.807, 2.05) is 30.0 Å². The van der Waals surface area contributed by atoms with E-state index in [9.17, 15) is 9.59 Å². The van der Waals surface area contributed by atoms with Gasteiger partial charge in [0.25, 0.3) is 0 Å². The number of likely N-dealkylation sites (tertiary alicyclic amines) is 1. The first kappa shape index (κ1) is 32.0. The lowest BCUT2D eigenvalue weighted by atomic mass is 9.72. The van der Waals surface area contributed by atoms with Gasteiger partial charge in [0, 0.05) is 41.1 Å². The average Bonchev–Trinajstić information content (AvgIpc) is 3.32. The predicted molar refractivity (Wildman–Crippen MR) is 166 cm³/mol. The Labute approximate surface area is 252 Å². The van der Waals surface area contributed by atoms with Crippen LogP contribution in [0, 0.1) is 17.3 Å². The first-order valence-electron chi connectivity index (χ1n) is 15.7. The van der Waals surface area contributed by atoms with Crippen molar-refractivity contribution in [1.29, 1.82) is 0 Å². The summed E-state index contributed by atoms with van der Waals surface area (Å²) in [5, 5.41) is 3.83. The molecule has 0 unspecified atom stereocenters. The van der Waals surface area contributed by atoms with E-state index in [4.69, 9.17) is 14.5 Å². The van der Waals surface area contributed by atoms with Gasteiger partial charge in [-0.25, -0.2) is 9.78 Å². The third-order valence-corrected chi connectivity index (χ3v) is 8.97. The van der Waals surface area contributed by atoms with E-state index in [0.29, 0.717) is 12.4 Å². The van der Waals surface area contributed by atoms with Crippen molar-refractivity contribution >= 4 is 11.9 Å². The summed E-state index contributed by atoms with van der Waals surface area (Å²) in [5.74, 6) is 0.0840. The molecule has 2 fully saturated rings. The van der Waals surface area contributed by atoms with Gasteiger partial charge in [-0.05, 0) is 36.8 Å². The van der Waals surface area contributed by atoms with Crippen molar-refractivity contribution in [3.63, 3.8) is 0 Å². The molecule has 0 bridgehead atoms. The molecule has 1 N–H and O–H groups in total. The number of nitrogens with one attached hydrogen (secondary N) is 1. The maximum absolute atomic E-state index is 14.5. The molecule has 1 aliphatic heterocycles. The van der Waals surface area contributed by atoms with E-state index >= 15 is 0 Å². The van der Waals surface area contributed by atoms with Gasteiger partial charge in [0.1, 0.15) is 6.04 Å². The molecule has 230 valence electrons. The van der Waals surface area contributed by atoms with Gasteiger partial charge in [-0.15, -0.1) is 0 Å². The fourth-order valence-electron chi connectivity index (χ4n) is 6.93. The maximum Gasteiger partial charge on any atom is 0.329 e. The second kappa shape index (κ2) is 13.2. The fourth-order valence-corrected chi connectivity index (χ4v) is 6.93. The largest absolute Gasteiger partial charge is 0.481 e. The minimum Gasteiger partial charge on any atom is -0.481 e. The number of aromatic nitrogens is 1. The number of hydrogen-bond acceptors (Lipinski definition) is 6. The van der Waals surface area contributed by atoms with Crippen LogP contribution in [0.1, 0.15) is 103 Å². The van der Waals surface area contributed by atoms with Gasteiger partial charge in [-0.3, -0.25) is 4.79 Å². The van der Waals surface area contributed by atoms with E-state index in [0.717, 1.165) is 48.9 Å². The molecule has 1 amide bonds. The molecule has 1 aromatic carbocycles. The van der Waals surface area contributed by atoms with Crippen molar-refractivity contribution in [2.45, 2.75) is 111 Å². The molecule has 2 aromatic rings. The first-order chi connectivity index (χ1) is 19.9. The Balaban J connectivity index is 1.81. The summed E-state index contributed by atoms with van der Waals surface area (Å²) < 4.78 is 11.4. The number of benzene rings is 1. The number of rotatable bonds is 8. The van der Waals surface area contributed by atoms with Crippen molar-refractivity contribution in [2.24, 2.45) is 17.3 Å². The van der Waals surface area contributed by atoms with Crippen LogP contribution in [-0.4, -0.2) is 47.6 Å². The van der Waals surface area contributed by atoms with Gasteiger partial charge in [-0.1, -0.05) is 97.2 Å². The molecule has 42 heavy (non-hydrogen) atoms.